The monoisotopic (exact) mass is 441 g/mol. The van der Waals surface area contributed by atoms with Gasteiger partial charge in [0, 0.05) is 29.4 Å². The number of rotatable bonds is 6. The summed E-state index contributed by atoms with van der Waals surface area (Å²) in [5.74, 6) is 2.25. The Morgan fingerprint density at radius 3 is 2.66 bits per heavy atom. The van der Waals surface area contributed by atoms with Crippen LogP contribution in [0.4, 0.5) is 10.5 Å². The molecule has 0 aliphatic carbocycles. The fourth-order valence-electron chi connectivity index (χ4n) is 4.10. The summed E-state index contributed by atoms with van der Waals surface area (Å²) >= 11 is 0. The van der Waals surface area contributed by atoms with Crippen molar-refractivity contribution in [3.63, 3.8) is 0 Å². The molecule has 0 spiro atoms. The zero-order valence-electron chi connectivity index (χ0n) is 18.2. The molecule has 2 aliphatic rings. The lowest BCUT2D eigenvalue weighted by atomic mass is 10.0. The Labute approximate surface area is 186 Å². The Kier molecular flexibility index (Phi) is 6.65. The van der Waals surface area contributed by atoms with Crippen LogP contribution in [-0.4, -0.2) is 57.4 Å². The Bertz CT molecular complexity index is 996. The van der Waals surface area contributed by atoms with E-state index in [0.29, 0.717) is 36.1 Å². The van der Waals surface area contributed by atoms with Crippen LogP contribution in [0.5, 0.6) is 23.0 Å². The van der Waals surface area contributed by atoms with E-state index in [-0.39, 0.29) is 18.5 Å². The van der Waals surface area contributed by atoms with Gasteiger partial charge in [0.05, 0.1) is 20.8 Å². The number of carbonyl (C=O) groups excluding carboxylic acids is 2. The Hall–Kier alpha value is -3.46. The maximum Gasteiger partial charge on any atom is 0.325 e. The number of hydrogen-bond donors (Lipinski definition) is 2. The Balaban J connectivity index is 1.35. The van der Waals surface area contributed by atoms with Crippen molar-refractivity contribution in [2.24, 2.45) is 0 Å². The number of nitrogens with zero attached hydrogens (tertiary/aromatic N) is 1. The molecule has 2 aromatic carbocycles. The van der Waals surface area contributed by atoms with Gasteiger partial charge in [0.2, 0.25) is 5.91 Å². The molecule has 32 heavy (non-hydrogen) atoms. The van der Waals surface area contributed by atoms with E-state index in [1.165, 1.54) is 0 Å². The highest BCUT2D eigenvalue weighted by Crippen LogP contribution is 2.38. The molecule has 4 rings (SSSR count). The summed E-state index contributed by atoms with van der Waals surface area (Å²) in [5.41, 5.74) is 1.51. The quantitative estimate of drug-likeness (QED) is 0.711. The Morgan fingerprint density at radius 2 is 1.88 bits per heavy atom. The average molecular weight is 441 g/mol. The summed E-state index contributed by atoms with van der Waals surface area (Å²) in [4.78, 5) is 26.9. The van der Waals surface area contributed by atoms with Crippen LogP contribution in [0.25, 0.3) is 0 Å². The molecule has 9 heteroatoms. The van der Waals surface area contributed by atoms with Crippen molar-refractivity contribution in [2.45, 2.75) is 18.9 Å². The van der Waals surface area contributed by atoms with Gasteiger partial charge in [-0.05, 0) is 37.6 Å². The second kappa shape index (κ2) is 9.78. The van der Waals surface area contributed by atoms with Gasteiger partial charge in [-0.1, -0.05) is 6.07 Å². The number of benzene rings is 2. The third kappa shape index (κ3) is 4.88. The van der Waals surface area contributed by atoms with E-state index in [1.807, 2.05) is 18.2 Å². The van der Waals surface area contributed by atoms with Crippen LogP contribution in [0.3, 0.4) is 0 Å². The molecule has 9 nitrogen and oxygen atoms in total. The molecule has 1 saturated heterocycles. The first-order valence-corrected chi connectivity index (χ1v) is 10.5. The van der Waals surface area contributed by atoms with E-state index in [2.05, 4.69) is 15.5 Å². The zero-order valence-corrected chi connectivity index (χ0v) is 18.2. The molecular formula is C23H27N3O6. The number of imide groups is 1. The van der Waals surface area contributed by atoms with Crippen molar-refractivity contribution in [3.05, 3.63) is 42.0 Å². The number of ether oxygens (including phenoxy) is 4. The average Bonchev–Trinajstić information content (AvgIpc) is 3.25. The maximum atomic E-state index is 12.6. The molecule has 2 aliphatic heterocycles. The van der Waals surface area contributed by atoms with Gasteiger partial charge >= 0.3 is 6.03 Å². The number of carbonyl (C=O) groups is 2. The third-order valence-corrected chi connectivity index (χ3v) is 5.56. The molecule has 170 valence electrons. The first kappa shape index (κ1) is 21.8. The molecule has 2 aromatic rings. The third-order valence-electron chi connectivity index (χ3n) is 5.56. The summed E-state index contributed by atoms with van der Waals surface area (Å²) in [7, 11) is 3.23. The number of hydrogen-bond acceptors (Lipinski definition) is 7. The van der Waals surface area contributed by atoms with Crippen molar-refractivity contribution in [3.8, 4) is 23.0 Å². The van der Waals surface area contributed by atoms with Crippen molar-refractivity contribution in [2.75, 3.05) is 45.8 Å². The summed E-state index contributed by atoms with van der Waals surface area (Å²) in [6.45, 7) is 1.82. The van der Waals surface area contributed by atoms with E-state index in [4.69, 9.17) is 18.9 Å². The molecule has 0 saturated carbocycles. The molecule has 0 aromatic heterocycles. The van der Waals surface area contributed by atoms with Gasteiger partial charge in [0.15, 0.2) is 11.5 Å². The summed E-state index contributed by atoms with van der Waals surface area (Å²) in [5, 5.41) is 5.06. The van der Waals surface area contributed by atoms with Gasteiger partial charge in [-0.25, -0.2) is 4.79 Å². The molecule has 2 heterocycles. The number of nitrogens with one attached hydrogen (secondary N) is 2. The van der Waals surface area contributed by atoms with Gasteiger partial charge in [0.25, 0.3) is 0 Å². The number of amides is 3. The number of urea groups is 1. The van der Waals surface area contributed by atoms with E-state index >= 15 is 0 Å². The molecule has 0 bridgehead atoms. The van der Waals surface area contributed by atoms with Crippen LogP contribution >= 0.6 is 0 Å². The van der Waals surface area contributed by atoms with E-state index in [9.17, 15) is 9.59 Å². The first-order chi connectivity index (χ1) is 15.6. The number of methoxy groups -OCH3 is 2. The predicted octanol–water partition coefficient (Wildman–Crippen LogP) is 2.96. The minimum Gasteiger partial charge on any atom is -0.497 e. The van der Waals surface area contributed by atoms with Gasteiger partial charge in [-0.15, -0.1) is 0 Å². The van der Waals surface area contributed by atoms with E-state index < -0.39 is 6.03 Å². The van der Waals surface area contributed by atoms with Crippen LogP contribution in [0.1, 0.15) is 24.4 Å². The SMILES string of the molecule is COc1ccc(C2CCCN2CC(=O)NC(=O)Nc2ccc3c(c2)OCCO3)c(OC)c1. The molecule has 2 N–H and O–H groups in total. The van der Waals surface area contributed by atoms with Crippen LogP contribution < -0.4 is 29.6 Å². The lowest BCUT2D eigenvalue weighted by Gasteiger charge is -2.25. The summed E-state index contributed by atoms with van der Waals surface area (Å²) < 4.78 is 21.8. The van der Waals surface area contributed by atoms with Crippen LogP contribution in [0, 0.1) is 0 Å². The molecule has 1 fully saturated rings. The van der Waals surface area contributed by atoms with Crippen LogP contribution in [0.2, 0.25) is 0 Å². The van der Waals surface area contributed by atoms with E-state index in [0.717, 1.165) is 30.7 Å². The second-order valence-electron chi connectivity index (χ2n) is 7.60. The highest BCUT2D eigenvalue weighted by atomic mass is 16.6. The number of fused-ring (bicyclic) bond motifs is 1. The van der Waals surface area contributed by atoms with Crippen molar-refractivity contribution in [1.29, 1.82) is 0 Å². The largest absolute Gasteiger partial charge is 0.497 e. The van der Waals surface area contributed by atoms with Crippen molar-refractivity contribution in [1.82, 2.24) is 10.2 Å². The zero-order chi connectivity index (χ0) is 22.5. The fraction of sp³-hybridized carbons (Fsp3) is 0.391. The first-order valence-electron chi connectivity index (χ1n) is 10.5. The minimum atomic E-state index is -0.593. The van der Waals surface area contributed by atoms with Gasteiger partial charge < -0.3 is 24.3 Å². The molecule has 1 atom stereocenters. The Morgan fingerprint density at radius 1 is 1.06 bits per heavy atom. The fourth-order valence-corrected chi connectivity index (χ4v) is 4.10. The van der Waals surface area contributed by atoms with E-state index in [1.54, 1.807) is 32.4 Å². The highest BCUT2D eigenvalue weighted by molar-refractivity contribution is 6.01. The topological polar surface area (TPSA) is 98.4 Å². The number of likely N-dealkylation sites (tertiary alicyclic amines) is 1. The second-order valence-corrected chi connectivity index (χ2v) is 7.60. The van der Waals surface area contributed by atoms with Gasteiger partial charge in [-0.2, -0.15) is 0 Å². The highest BCUT2D eigenvalue weighted by Gasteiger charge is 2.30. The smallest absolute Gasteiger partial charge is 0.325 e. The maximum absolute atomic E-state index is 12.6. The van der Waals surface area contributed by atoms with Crippen LogP contribution in [-0.2, 0) is 4.79 Å². The summed E-state index contributed by atoms with van der Waals surface area (Å²) in [6.07, 6.45) is 1.86. The summed E-state index contributed by atoms with van der Waals surface area (Å²) in [6, 6.07) is 10.2. The number of anilines is 1. The predicted molar refractivity (Wildman–Crippen MR) is 118 cm³/mol. The van der Waals surface area contributed by atoms with Crippen LogP contribution in [0.15, 0.2) is 36.4 Å². The molecule has 0 radical (unpaired) electrons. The normalized spacial score (nSPS) is 17.5. The minimum absolute atomic E-state index is 0.0301. The molecular weight excluding hydrogens is 414 g/mol. The standard InChI is InChI=1S/C23H27N3O6/c1-29-16-6-7-17(20(13-16)30-2)18-4-3-9-26(18)14-22(27)25-23(28)24-15-5-8-19-21(12-15)32-11-10-31-19/h5-8,12-13,18H,3-4,9-11,14H2,1-2H3,(H2,24,25,27,28). The van der Waals surface area contributed by atoms with Gasteiger partial charge in [-0.3, -0.25) is 15.0 Å². The van der Waals surface area contributed by atoms with Gasteiger partial charge in [0.1, 0.15) is 24.7 Å². The lowest BCUT2D eigenvalue weighted by Crippen LogP contribution is -2.41. The molecule has 1 unspecified atom stereocenters. The molecule has 3 amide bonds. The lowest BCUT2D eigenvalue weighted by molar-refractivity contribution is -0.121. The van der Waals surface area contributed by atoms with Crippen molar-refractivity contribution >= 4 is 17.6 Å². The van der Waals surface area contributed by atoms with Crippen molar-refractivity contribution < 1.29 is 28.5 Å².